The topological polar surface area (TPSA) is 49.3 Å². The first-order valence-electron chi connectivity index (χ1n) is 6.67. The van der Waals surface area contributed by atoms with Gasteiger partial charge in [0.1, 0.15) is 0 Å². The molecule has 0 aliphatic carbocycles. The van der Waals surface area contributed by atoms with E-state index in [0.717, 1.165) is 11.3 Å². The summed E-state index contributed by atoms with van der Waals surface area (Å²) in [5.74, 6) is 0.567. The molecule has 3 nitrogen and oxygen atoms in total. The van der Waals surface area contributed by atoms with Gasteiger partial charge in [0.05, 0.1) is 11.9 Å². The van der Waals surface area contributed by atoms with Gasteiger partial charge < -0.3 is 10.4 Å². The van der Waals surface area contributed by atoms with Gasteiger partial charge in [-0.1, -0.05) is 38.5 Å². The first kappa shape index (κ1) is 16.1. The fourth-order valence-electron chi connectivity index (χ4n) is 1.60. The quantitative estimate of drug-likeness (QED) is 0.755. The van der Waals surface area contributed by atoms with E-state index in [9.17, 15) is 9.90 Å². The standard InChI is InChI=1S/C15H23NO2S/c1-4-11(2)13(17)9-16-15(18)10-19-14-8-6-5-7-12(14)3/h5-8,11,13,17H,4,9-10H2,1-3H3,(H,16,18). The number of hydrogen-bond donors (Lipinski definition) is 2. The molecule has 0 radical (unpaired) electrons. The van der Waals surface area contributed by atoms with Crippen LogP contribution in [-0.2, 0) is 4.79 Å². The number of benzene rings is 1. The lowest BCUT2D eigenvalue weighted by Gasteiger charge is -2.17. The Morgan fingerprint density at radius 3 is 2.74 bits per heavy atom. The van der Waals surface area contributed by atoms with Crippen molar-refractivity contribution < 1.29 is 9.90 Å². The molecule has 2 unspecified atom stereocenters. The summed E-state index contributed by atoms with van der Waals surface area (Å²) < 4.78 is 0. The van der Waals surface area contributed by atoms with Crippen LogP contribution in [0.2, 0.25) is 0 Å². The highest BCUT2D eigenvalue weighted by atomic mass is 32.2. The number of hydrogen-bond acceptors (Lipinski definition) is 3. The first-order chi connectivity index (χ1) is 9.04. The smallest absolute Gasteiger partial charge is 0.230 e. The van der Waals surface area contributed by atoms with Crippen molar-refractivity contribution in [2.75, 3.05) is 12.3 Å². The van der Waals surface area contributed by atoms with E-state index in [-0.39, 0.29) is 11.8 Å². The van der Waals surface area contributed by atoms with Crippen LogP contribution in [-0.4, -0.2) is 29.4 Å². The summed E-state index contributed by atoms with van der Waals surface area (Å²) in [5, 5.41) is 12.6. The molecule has 1 rings (SSSR count). The summed E-state index contributed by atoms with van der Waals surface area (Å²) in [7, 11) is 0. The van der Waals surface area contributed by atoms with Crippen LogP contribution >= 0.6 is 11.8 Å². The number of aliphatic hydroxyl groups is 1. The zero-order valence-electron chi connectivity index (χ0n) is 11.8. The zero-order chi connectivity index (χ0) is 14.3. The van der Waals surface area contributed by atoms with E-state index in [1.807, 2.05) is 45.0 Å². The lowest BCUT2D eigenvalue weighted by molar-refractivity contribution is -0.119. The maximum absolute atomic E-state index is 11.7. The van der Waals surface area contributed by atoms with E-state index >= 15 is 0 Å². The molecule has 0 aliphatic rings. The van der Waals surface area contributed by atoms with E-state index in [1.54, 1.807) is 0 Å². The van der Waals surface area contributed by atoms with Crippen LogP contribution in [0.5, 0.6) is 0 Å². The number of aryl methyl sites for hydroxylation is 1. The van der Waals surface area contributed by atoms with Crippen molar-refractivity contribution in [3.63, 3.8) is 0 Å². The maximum Gasteiger partial charge on any atom is 0.230 e. The van der Waals surface area contributed by atoms with Gasteiger partial charge in [0.25, 0.3) is 0 Å². The number of amides is 1. The predicted molar refractivity (Wildman–Crippen MR) is 80.4 cm³/mol. The first-order valence-corrected chi connectivity index (χ1v) is 7.66. The van der Waals surface area contributed by atoms with Crippen LogP contribution in [0.25, 0.3) is 0 Å². The molecule has 0 heterocycles. The van der Waals surface area contributed by atoms with Gasteiger partial charge in [-0.2, -0.15) is 0 Å². The van der Waals surface area contributed by atoms with Crippen molar-refractivity contribution in [1.29, 1.82) is 0 Å². The Kier molecular flexibility index (Phi) is 6.95. The van der Waals surface area contributed by atoms with E-state index in [2.05, 4.69) is 5.32 Å². The number of aliphatic hydroxyl groups excluding tert-OH is 1. The number of thioether (sulfide) groups is 1. The van der Waals surface area contributed by atoms with E-state index < -0.39 is 6.10 Å². The van der Waals surface area contributed by atoms with Gasteiger partial charge in [0, 0.05) is 11.4 Å². The Hall–Kier alpha value is -1.00. The third-order valence-corrected chi connectivity index (χ3v) is 4.44. The van der Waals surface area contributed by atoms with Gasteiger partial charge in [0.2, 0.25) is 5.91 Å². The molecule has 0 saturated carbocycles. The average molecular weight is 281 g/mol. The molecule has 106 valence electrons. The Balaban J connectivity index is 2.31. The molecule has 1 aromatic rings. The van der Waals surface area contributed by atoms with Gasteiger partial charge >= 0.3 is 0 Å². The second-order valence-electron chi connectivity index (χ2n) is 4.81. The minimum absolute atomic E-state index is 0.0318. The number of carbonyl (C=O) groups is 1. The largest absolute Gasteiger partial charge is 0.391 e. The molecule has 0 aliphatic heterocycles. The molecule has 2 N–H and O–H groups in total. The molecule has 1 aromatic carbocycles. The van der Waals surface area contributed by atoms with Crippen molar-refractivity contribution in [3.8, 4) is 0 Å². The van der Waals surface area contributed by atoms with Crippen molar-refractivity contribution in [3.05, 3.63) is 29.8 Å². The Morgan fingerprint density at radius 1 is 1.42 bits per heavy atom. The van der Waals surface area contributed by atoms with Gasteiger partial charge in [-0.15, -0.1) is 11.8 Å². The molecule has 19 heavy (non-hydrogen) atoms. The zero-order valence-corrected chi connectivity index (χ0v) is 12.7. The second-order valence-corrected chi connectivity index (χ2v) is 5.83. The van der Waals surface area contributed by atoms with Gasteiger partial charge in [-0.05, 0) is 24.5 Å². The lowest BCUT2D eigenvalue weighted by atomic mass is 10.0. The van der Waals surface area contributed by atoms with Crippen LogP contribution in [0, 0.1) is 12.8 Å². The summed E-state index contributed by atoms with van der Waals surface area (Å²) in [5.41, 5.74) is 1.18. The minimum Gasteiger partial charge on any atom is -0.391 e. The monoisotopic (exact) mass is 281 g/mol. The molecule has 4 heteroatoms. The van der Waals surface area contributed by atoms with Gasteiger partial charge in [-0.3, -0.25) is 4.79 Å². The highest BCUT2D eigenvalue weighted by Gasteiger charge is 2.13. The molecule has 0 spiro atoms. The summed E-state index contributed by atoms with van der Waals surface area (Å²) in [6, 6.07) is 8.01. The van der Waals surface area contributed by atoms with Crippen LogP contribution in [0.4, 0.5) is 0 Å². The van der Waals surface area contributed by atoms with Gasteiger partial charge in [0.15, 0.2) is 0 Å². The van der Waals surface area contributed by atoms with Crippen LogP contribution < -0.4 is 5.32 Å². The summed E-state index contributed by atoms with van der Waals surface area (Å²) in [6.07, 6.45) is 0.451. The Morgan fingerprint density at radius 2 is 2.11 bits per heavy atom. The van der Waals surface area contributed by atoms with Crippen molar-refractivity contribution in [2.24, 2.45) is 5.92 Å². The minimum atomic E-state index is -0.461. The maximum atomic E-state index is 11.7. The predicted octanol–water partition coefficient (Wildman–Crippen LogP) is 2.61. The van der Waals surface area contributed by atoms with Crippen LogP contribution in [0.3, 0.4) is 0 Å². The summed E-state index contributed by atoms with van der Waals surface area (Å²) >= 11 is 1.53. The molecule has 1 amide bonds. The Labute approximate surface area is 119 Å². The number of nitrogens with one attached hydrogen (secondary N) is 1. The third-order valence-electron chi connectivity index (χ3n) is 3.26. The fourth-order valence-corrected chi connectivity index (χ4v) is 2.46. The molecular weight excluding hydrogens is 258 g/mol. The normalized spacial score (nSPS) is 13.9. The SMILES string of the molecule is CCC(C)C(O)CNC(=O)CSc1ccccc1C. The molecule has 0 bridgehead atoms. The summed E-state index contributed by atoms with van der Waals surface area (Å²) in [4.78, 5) is 12.8. The summed E-state index contributed by atoms with van der Waals surface area (Å²) in [6.45, 7) is 6.39. The molecule has 0 fully saturated rings. The van der Waals surface area contributed by atoms with Crippen LogP contribution in [0.15, 0.2) is 29.2 Å². The highest BCUT2D eigenvalue weighted by Crippen LogP contribution is 2.21. The molecule has 0 aromatic heterocycles. The lowest BCUT2D eigenvalue weighted by Crippen LogP contribution is -2.36. The number of carbonyl (C=O) groups excluding carboxylic acids is 1. The van der Waals surface area contributed by atoms with E-state index in [1.165, 1.54) is 17.3 Å². The molecular formula is C15H23NO2S. The third kappa shape index (κ3) is 5.66. The molecule has 0 saturated heterocycles. The van der Waals surface area contributed by atoms with Crippen molar-refractivity contribution in [2.45, 2.75) is 38.2 Å². The second kappa shape index (κ2) is 8.23. The van der Waals surface area contributed by atoms with E-state index in [4.69, 9.17) is 0 Å². The van der Waals surface area contributed by atoms with Crippen molar-refractivity contribution >= 4 is 17.7 Å². The van der Waals surface area contributed by atoms with Crippen LogP contribution in [0.1, 0.15) is 25.8 Å². The average Bonchev–Trinajstić information content (AvgIpc) is 2.42. The molecule has 2 atom stereocenters. The number of rotatable bonds is 7. The highest BCUT2D eigenvalue weighted by molar-refractivity contribution is 8.00. The van der Waals surface area contributed by atoms with Gasteiger partial charge in [-0.25, -0.2) is 0 Å². The Bertz CT molecular complexity index is 409. The van der Waals surface area contributed by atoms with E-state index in [0.29, 0.717) is 12.3 Å². The fraction of sp³-hybridized carbons (Fsp3) is 0.533. The van der Waals surface area contributed by atoms with Crippen molar-refractivity contribution in [1.82, 2.24) is 5.32 Å².